The molecule has 0 atom stereocenters. The van der Waals surface area contributed by atoms with Gasteiger partial charge in [-0.3, -0.25) is 9.59 Å². The summed E-state index contributed by atoms with van der Waals surface area (Å²) in [4.78, 5) is 26.4. The molecule has 0 bridgehead atoms. The Hall–Kier alpha value is -1.55. The first-order chi connectivity index (χ1) is 12.4. The molecule has 2 aliphatic rings. The van der Waals surface area contributed by atoms with Crippen molar-refractivity contribution in [1.29, 1.82) is 0 Å². The molecule has 142 valence electrons. The van der Waals surface area contributed by atoms with E-state index in [9.17, 15) is 9.59 Å². The monoisotopic (exact) mass is 376 g/mol. The predicted octanol–water partition coefficient (Wildman–Crippen LogP) is 3.77. The van der Waals surface area contributed by atoms with Crippen molar-refractivity contribution in [2.24, 2.45) is 11.8 Å². The molecule has 5 heteroatoms. The minimum Gasteiger partial charge on any atom is -0.355 e. The first-order valence-electron chi connectivity index (χ1n) is 9.72. The number of carbonyl (C=O) groups is 2. The van der Waals surface area contributed by atoms with E-state index in [2.05, 4.69) is 11.4 Å². The van der Waals surface area contributed by atoms with Crippen LogP contribution < -0.4 is 5.32 Å². The molecule has 1 aromatic carbocycles. The van der Waals surface area contributed by atoms with Crippen LogP contribution in [-0.4, -0.2) is 36.3 Å². The van der Waals surface area contributed by atoms with Crippen molar-refractivity contribution in [2.45, 2.75) is 51.4 Å². The van der Waals surface area contributed by atoms with Gasteiger partial charge in [-0.2, -0.15) is 0 Å². The summed E-state index contributed by atoms with van der Waals surface area (Å²) in [5, 5.41) is 3.93. The number of likely N-dealkylation sites (tertiary alicyclic amines) is 1. The fourth-order valence-electron chi connectivity index (χ4n) is 3.91. The maximum absolute atomic E-state index is 12.4. The molecule has 1 aromatic rings. The van der Waals surface area contributed by atoms with Crippen LogP contribution in [0.25, 0.3) is 0 Å². The smallest absolute Gasteiger partial charge is 0.225 e. The number of amides is 2. The Bertz CT molecular complexity index is 662. The molecule has 0 radical (unpaired) electrons. The molecule has 4 nitrogen and oxygen atoms in total. The highest BCUT2D eigenvalue weighted by molar-refractivity contribution is 6.31. The summed E-state index contributed by atoms with van der Waals surface area (Å²) < 4.78 is 0. The van der Waals surface area contributed by atoms with E-state index in [0.717, 1.165) is 49.4 Å². The van der Waals surface area contributed by atoms with Crippen molar-refractivity contribution in [3.8, 4) is 0 Å². The lowest BCUT2D eigenvalue weighted by Crippen LogP contribution is -2.42. The second-order valence-electron chi connectivity index (χ2n) is 8.16. The van der Waals surface area contributed by atoms with Crippen LogP contribution >= 0.6 is 11.6 Å². The number of rotatable bonds is 6. The van der Waals surface area contributed by atoms with Gasteiger partial charge in [-0.05, 0) is 43.2 Å². The third kappa shape index (κ3) is 4.40. The molecule has 1 N–H and O–H groups in total. The molecule has 3 rings (SSSR count). The highest BCUT2D eigenvalue weighted by atomic mass is 35.5. The van der Waals surface area contributed by atoms with E-state index in [1.54, 1.807) is 0 Å². The molecule has 1 aliphatic carbocycles. The molecule has 26 heavy (non-hydrogen) atoms. The zero-order chi connectivity index (χ0) is 18.7. The summed E-state index contributed by atoms with van der Waals surface area (Å²) in [7, 11) is 0. The minimum absolute atomic E-state index is 0.0288. The Morgan fingerprint density at radius 3 is 2.46 bits per heavy atom. The first-order valence-corrected chi connectivity index (χ1v) is 10.1. The fraction of sp³-hybridized carbons (Fsp3) is 0.619. The molecule has 1 saturated carbocycles. The molecule has 0 spiro atoms. The van der Waals surface area contributed by atoms with Gasteiger partial charge in [-0.15, -0.1) is 0 Å². The van der Waals surface area contributed by atoms with Gasteiger partial charge in [0.2, 0.25) is 11.8 Å². The van der Waals surface area contributed by atoms with Crippen LogP contribution in [0.1, 0.15) is 51.5 Å². The molecule has 2 fully saturated rings. The second-order valence-corrected chi connectivity index (χ2v) is 8.57. The summed E-state index contributed by atoms with van der Waals surface area (Å²) in [5.74, 6) is 0.774. The van der Waals surface area contributed by atoms with Crippen LogP contribution in [0.4, 0.5) is 0 Å². The van der Waals surface area contributed by atoms with Gasteiger partial charge in [0, 0.05) is 42.4 Å². The zero-order valence-corrected chi connectivity index (χ0v) is 16.5. The zero-order valence-electron chi connectivity index (χ0n) is 15.8. The van der Waals surface area contributed by atoms with Crippen molar-refractivity contribution in [3.05, 3.63) is 34.9 Å². The van der Waals surface area contributed by atoms with Crippen molar-refractivity contribution in [2.75, 3.05) is 19.6 Å². The summed E-state index contributed by atoms with van der Waals surface area (Å²) in [6.07, 6.45) is 4.55. The topological polar surface area (TPSA) is 49.4 Å². The van der Waals surface area contributed by atoms with E-state index in [0.29, 0.717) is 18.9 Å². The van der Waals surface area contributed by atoms with Crippen LogP contribution in [0.15, 0.2) is 24.3 Å². The van der Waals surface area contributed by atoms with E-state index >= 15 is 0 Å². The summed E-state index contributed by atoms with van der Waals surface area (Å²) in [5.41, 5.74) is 1.18. The summed E-state index contributed by atoms with van der Waals surface area (Å²) >= 11 is 6.34. The molecule has 1 aliphatic heterocycles. The molecule has 1 saturated heterocycles. The van der Waals surface area contributed by atoms with Gasteiger partial charge >= 0.3 is 0 Å². The Morgan fingerprint density at radius 1 is 1.23 bits per heavy atom. The minimum atomic E-state index is 0.0288. The lowest BCUT2D eigenvalue weighted by molar-refractivity contribution is -0.136. The molecule has 0 unspecified atom stereocenters. The highest BCUT2D eigenvalue weighted by Gasteiger charge is 2.45. The second kappa shape index (κ2) is 7.99. The van der Waals surface area contributed by atoms with Crippen LogP contribution in [-0.2, 0) is 15.0 Å². The molecular formula is C21H29ClN2O2. The Labute approximate surface area is 161 Å². The quantitative estimate of drug-likeness (QED) is 0.821. The first kappa shape index (κ1) is 19.2. The van der Waals surface area contributed by atoms with Crippen LogP contribution in [0.2, 0.25) is 5.02 Å². The number of carbonyl (C=O) groups excluding carboxylic acids is 2. The average Bonchev–Trinajstić information content (AvgIpc) is 3.41. The van der Waals surface area contributed by atoms with Gasteiger partial charge in [0.1, 0.15) is 0 Å². The largest absolute Gasteiger partial charge is 0.355 e. The van der Waals surface area contributed by atoms with Crippen LogP contribution in [0.5, 0.6) is 0 Å². The number of hydrogen-bond acceptors (Lipinski definition) is 2. The van der Waals surface area contributed by atoms with E-state index in [1.807, 2.05) is 36.9 Å². The lowest BCUT2D eigenvalue weighted by Gasteiger charge is -2.33. The highest BCUT2D eigenvalue weighted by Crippen LogP contribution is 2.49. The third-order valence-corrected chi connectivity index (χ3v) is 6.15. The van der Waals surface area contributed by atoms with E-state index in [4.69, 9.17) is 11.6 Å². The maximum atomic E-state index is 12.4. The maximum Gasteiger partial charge on any atom is 0.225 e. The SMILES string of the molecule is CC(C)C(=O)N1CCC(CC(=O)NCC2(c3ccccc3Cl)CC2)CC1. The molecular weight excluding hydrogens is 348 g/mol. The van der Waals surface area contributed by atoms with Crippen molar-refractivity contribution in [1.82, 2.24) is 10.2 Å². The van der Waals surface area contributed by atoms with Crippen molar-refractivity contribution >= 4 is 23.4 Å². The fourth-order valence-corrected chi connectivity index (χ4v) is 4.24. The number of hydrogen-bond donors (Lipinski definition) is 1. The number of halogens is 1. The average molecular weight is 377 g/mol. The number of piperidine rings is 1. The van der Waals surface area contributed by atoms with Gasteiger partial charge < -0.3 is 10.2 Å². The molecule has 1 heterocycles. The van der Waals surface area contributed by atoms with Gasteiger partial charge in [0.25, 0.3) is 0 Å². The number of nitrogens with zero attached hydrogens (tertiary/aromatic N) is 1. The van der Waals surface area contributed by atoms with E-state index < -0.39 is 0 Å². The standard InChI is InChI=1S/C21H29ClN2O2/c1-15(2)20(26)24-11-7-16(8-12-24)13-19(25)23-14-21(9-10-21)17-5-3-4-6-18(17)22/h3-6,15-16H,7-14H2,1-2H3,(H,23,25). The van der Waals surface area contributed by atoms with Gasteiger partial charge in [0.15, 0.2) is 0 Å². The van der Waals surface area contributed by atoms with E-state index in [-0.39, 0.29) is 23.1 Å². The van der Waals surface area contributed by atoms with Gasteiger partial charge in [-0.25, -0.2) is 0 Å². The van der Waals surface area contributed by atoms with Crippen LogP contribution in [0.3, 0.4) is 0 Å². The molecule has 2 amide bonds. The predicted molar refractivity (Wildman–Crippen MR) is 104 cm³/mol. The van der Waals surface area contributed by atoms with Gasteiger partial charge in [0.05, 0.1) is 0 Å². The van der Waals surface area contributed by atoms with Gasteiger partial charge in [-0.1, -0.05) is 43.6 Å². The van der Waals surface area contributed by atoms with Crippen molar-refractivity contribution in [3.63, 3.8) is 0 Å². The number of nitrogens with one attached hydrogen (secondary N) is 1. The summed E-state index contributed by atoms with van der Waals surface area (Å²) in [6.45, 7) is 6.10. The normalized spacial score (nSPS) is 19.5. The van der Waals surface area contributed by atoms with E-state index in [1.165, 1.54) is 0 Å². The lowest BCUT2D eigenvalue weighted by atomic mass is 9.92. The van der Waals surface area contributed by atoms with Crippen LogP contribution in [0, 0.1) is 11.8 Å². The Balaban J connectivity index is 1.44. The Morgan fingerprint density at radius 2 is 1.88 bits per heavy atom. The Kier molecular flexibility index (Phi) is 5.91. The summed E-state index contributed by atoms with van der Waals surface area (Å²) in [6, 6.07) is 7.94. The third-order valence-electron chi connectivity index (χ3n) is 5.82. The van der Waals surface area contributed by atoms with Crippen molar-refractivity contribution < 1.29 is 9.59 Å². The molecule has 0 aromatic heterocycles. The number of benzene rings is 1.